The molecule has 3 heterocycles. The number of hydrogen-bond donors (Lipinski definition) is 1. The molecule has 0 saturated heterocycles. The molecule has 1 N–H and O–H groups in total. The number of nitrogens with zero attached hydrogens (tertiary/aromatic N) is 2. The predicted molar refractivity (Wildman–Crippen MR) is 124 cm³/mol. The van der Waals surface area contributed by atoms with Gasteiger partial charge in [0.15, 0.2) is 5.75 Å². The van der Waals surface area contributed by atoms with Gasteiger partial charge in [-0.1, -0.05) is 44.2 Å². The van der Waals surface area contributed by atoms with E-state index in [-0.39, 0.29) is 17.5 Å². The Kier molecular flexibility index (Phi) is 6.32. The summed E-state index contributed by atoms with van der Waals surface area (Å²) in [5, 5.41) is 0.629. The molecule has 0 aliphatic carbocycles. The third-order valence-electron chi connectivity index (χ3n) is 5.06. The number of benzene rings is 1. The van der Waals surface area contributed by atoms with Crippen molar-refractivity contribution in [1.29, 1.82) is 0 Å². The Hall–Kier alpha value is -3.19. The van der Waals surface area contributed by atoms with Crippen molar-refractivity contribution >= 4 is 21.6 Å². The van der Waals surface area contributed by atoms with Gasteiger partial charge in [0.25, 0.3) is 5.56 Å². The molecule has 0 fully saturated rings. The minimum Gasteiger partial charge on any atom is -0.488 e. The molecule has 31 heavy (non-hydrogen) atoms. The Bertz CT molecular complexity index is 1310. The summed E-state index contributed by atoms with van der Waals surface area (Å²) in [4.78, 5) is 35.6. The van der Waals surface area contributed by atoms with Crippen LogP contribution in [0.5, 0.6) is 5.75 Å². The molecule has 0 spiro atoms. The van der Waals surface area contributed by atoms with E-state index in [4.69, 9.17) is 9.72 Å². The van der Waals surface area contributed by atoms with Gasteiger partial charge in [-0.25, -0.2) is 4.98 Å². The van der Waals surface area contributed by atoms with Crippen LogP contribution in [-0.2, 0) is 19.4 Å². The lowest BCUT2D eigenvalue weighted by Crippen LogP contribution is -2.26. The van der Waals surface area contributed by atoms with Crippen LogP contribution in [0.2, 0.25) is 0 Å². The largest absolute Gasteiger partial charge is 0.488 e. The monoisotopic (exact) mass is 435 g/mol. The molecule has 4 aromatic rings. The van der Waals surface area contributed by atoms with Gasteiger partial charge in [0.1, 0.15) is 10.7 Å². The number of aryl methyl sites for hydroxylation is 1. The first kappa shape index (κ1) is 21.1. The van der Waals surface area contributed by atoms with Crippen LogP contribution in [0.25, 0.3) is 10.2 Å². The summed E-state index contributed by atoms with van der Waals surface area (Å²) in [5.41, 5.74) is 1.43. The van der Waals surface area contributed by atoms with E-state index in [1.165, 1.54) is 6.07 Å². The van der Waals surface area contributed by atoms with E-state index in [2.05, 4.69) is 11.9 Å². The van der Waals surface area contributed by atoms with Crippen molar-refractivity contribution in [2.75, 3.05) is 6.61 Å². The number of nitrogens with one attached hydrogen (secondary N) is 1. The van der Waals surface area contributed by atoms with Crippen LogP contribution < -0.4 is 15.7 Å². The smallest absolute Gasteiger partial charge is 0.262 e. The maximum Gasteiger partial charge on any atom is 0.262 e. The highest BCUT2D eigenvalue weighted by Gasteiger charge is 2.15. The number of fused-ring (bicyclic) bond motifs is 1. The normalized spacial score (nSPS) is 11.2. The zero-order valence-corrected chi connectivity index (χ0v) is 18.5. The highest BCUT2D eigenvalue weighted by molar-refractivity contribution is 7.18. The second-order valence-electron chi connectivity index (χ2n) is 7.40. The number of rotatable bonds is 8. The Morgan fingerprint density at radius 3 is 2.65 bits per heavy atom. The quantitative estimate of drug-likeness (QED) is 0.451. The second kappa shape index (κ2) is 9.31. The fourth-order valence-corrected chi connectivity index (χ4v) is 4.42. The maximum absolute atomic E-state index is 13.4. The Balaban J connectivity index is 1.77. The molecule has 0 aliphatic rings. The number of H-pyrrole nitrogens is 1. The van der Waals surface area contributed by atoms with Crippen molar-refractivity contribution in [3.63, 3.8) is 0 Å². The summed E-state index contributed by atoms with van der Waals surface area (Å²) in [7, 11) is 0. The molecule has 4 rings (SSSR count). The molecule has 0 bridgehead atoms. The second-order valence-corrected chi connectivity index (χ2v) is 8.52. The van der Waals surface area contributed by atoms with Gasteiger partial charge >= 0.3 is 0 Å². The fourth-order valence-electron chi connectivity index (χ4n) is 3.45. The lowest BCUT2D eigenvalue weighted by atomic mass is 10.1. The van der Waals surface area contributed by atoms with Crippen LogP contribution in [-0.4, -0.2) is 21.1 Å². The SMILES string of the molecule is CCCOc1c[nH]c(Cn2c(Cc3ccccc3)nc3sc(CC)cc3c2=O)cc1=O. The van der Waals surface area contributed by atoms with Crippen molar-refractivity contribution in [3.8, 4) is 5.75 Å². The van der Waals surface area contributed by atoms with Gasteiger partial charge in [0.2, 0.25) is 5.43 Å². The average Bonchev–Trinajstić information content (AvgIpc) is 3.20. The molecule has 0 atom stereocenters. The summed E-state index contributed by atoms with van der Waals surface area (Å²) in [6, 6.07) is 13.4. The van der Waals surface area contributed by atoms with Crippen LogP contribution in [0.15, 0.2) is 58.3 Å². The van der Waals surface area contributed by atoms with E-state index in [1.54, 1.807) is 22.1 Å². The molecule has 0 amide bonds. The fraction of sp³-hybridized carbons (Fsp3) is 0.292. The van der Waals surface area contributed by atoms with Crippen molar-refractivity contribution in [2.24, 2.45) is 0 Å². The molecule has 0 unspecified atom stereocenters. The van der Waals surface area contributed by atoms with Gasteiger partial charge in [-0.15, -0.1) is 11.3 Å². The van der Waals surface area contributed by atoms with Crippen LogP contribution in [0.3, 0.4) is 0 Å². The zero-order valence-electron chi connectivity index (χ0n) is 17.7. The first-order valence-corrected chi connectivity index (χ1v) is 11.3. The summed E-state index contributed by atoms with van der Waals surface area (Å²) in [6.07, 6.45) is 3.79. The van der Waals surface area contributed by atoms with Gasteiger partial charge < -0.3 is 9.72 Å². The van der Waals surface area contributed by atoms with Crippen LogP contribution >= 0.6 is 11.3 Å². The number of aromatic amines is 1. The van der Waals surface area contributed by atoms with E-state index >= 15 is 0 Å². The minimum atomic E-state index is -0.197. The highest BCUT2D eigenvalue weighted by atomic mass is 32.1. The Morgan fingerprint density at radius 1 is 1.13 bits per heavy atom. The maximum atomic E-state index is 13.4. The van der Waals surface area contributed by atoms with Gasteiger partial charge in [-0.05, 0) is 24.5 Å². The molecule has 160 valence electrons. The first-order valence-electron chi connectivity index (χ1n) is 10.5. The number of thiophene rings is 1. The summed E-state index contributed by atoms with van der Waals surface area (Å²) in [5.74, 6) is 0.974. The van der Waals surface area contributed by atoms with E-state index < -0.39 is 0 Å². The minimum absolute atomic E-state index is 0.0842. The Morgan fingerprint density at radius 2 is 1.94 bits per heavy atom. The number of ether oxygens (including phenoxy) is 1. The lowest BCUT2D eigenvalue weighted by Gasteiger charge is -2.13. The molecule has 3 aromatic heterocycles. The van der Waals surface area contributed by atoms with Gasteiger partial charge in [-0.3, -0.25) is 14.2 Å². The predicted octanol–water partition coefficient (Wildman–Crippen LogP) is 4.14. The molecule has 0 aliphatic heterocycles. The summed E-state index contributed by atoms with van der Waals surface area (Å²) < 4.78 is 7.13. The topological polar surface area (TPSA) is 77.0 Å². The van der Waals surface area contributed by atoms with Crippen molar-refractivity contribution in [3.05, 3.63) is 91.2 Å². The number of pyridine rings is 1. The summed E-state index contributed by atoms with van der Waals surface area (Å²) in [6.45, 7) is 4.79. The number of aromatic nitrogens is 3. The standard InChI is InChI=1S/C24H25N3O3S/c1-3-10-30-21-14-25-17(12-20(21)28)15-27-22(11-16-8-6-5-7-9-16)26-23-19(24(27)29)13-18(4-2)31-23/h5-9,12-14H,3-4,10-11,15H2,1-2H3,(H,25,28). The van der Waals surface area contributed by atoms with Crippen LogP contribution in [0.4, 0.5) is 0 Å². The third-order valence-corrected chi connectivity index (χ3v) is 6.24. The molecular formula is C24H25N3O3S. The van der Waals surface area contributed by atoms with E-state index in [9.17, 15) is 9.59 Å². The van der Waals surface area contributed by atoms with Gasteiger partial charge in [-0.2, -0.15) is 0 Å². The van der Waals surface area contributed by atoms with Crippen LogP contribution in [0.1, 0.15) is 42.2 Å². The third kappa shape index (κ3) is 4.61. The molecule has 7 heteroatoms. The highest BCUT2D eigenvalue weighted by Crippen LogP contribution is 2.23. The van der Waals surface area contributed by atoms with Crippen molar-refractivity contribution in [1.82, 2.24) is 14.5 Å². The van der Waals surface area contributed by atoms with E-state index in [0.29, 0.717) is 35.7 Å². The first-order chi connectivity index (χ1) is 15.1. The molecule has 1 aromatic carbocycles. The average molecular weight is 436 g/mol. The van der Waals surface area contributed by atoms with Crippen molar-refractivity contribution < 1.29 is 4.74 Å². The molecular weight excluding hydrogens is 410 g/mol. The van der Waals surface area contributed by atoms with Gasteiger partial charge in [0.05, 0.1) is 18.5 Å². The van der Waals surface area contributed by atoms with Crippen LogP contribution in [0, 0.1) is 0 Å². The van der Waals surface area contributed by atoms with Gasteiger partial charge in [0, 0.05) is 29.3 Å². The molecule has 0 radical (unpaired) electrons. The van der Waals surface area contributed by atoms with E-state index in [1.807, 2.05) is 43.3 Å². The summed E-state index contributed by atoms with van der Waals surface area (Å²) >= 11 is 1.56. The van der Waals surface area contributed by atoms with E-state index in [0.717, 1.165) is 28.1 Å². The lowest BCUT2D eigenvalue weighted by molar-refractivity contribution is 0.313. The molecule has 6 nitrogen and oxygen atoms in total. The molecule has 0 saturated carbocycles. The number of hydrogen-bond acceptors (Lipinski definition) is 5. The van der Waals surface area contributed by atoms with Crippen molar-refractivity contribution in [2.45, 2.75) is 39.7 Å². The Labute approximate surface area is 184 Å². The zero-order chi connectivity index (χ0) is 21.8.